The summed E-state index contributed by atoms with van der Waals surface area (Å²) in [6.45, 7) is 3.38. The van der Waals surface area contributed by atoms with Crippen LogP contribution in [0, 0.1) is 0 Å². The Hall–Kier alpha value is -2.54. The van der Waals surface area contributed by atoms with E-state index in [0.29, 0.717) is 11.4 Å². The minimum Gasteiger partial charge on any atom is -0.495 e. The number of hydrogen-bond donors (Lipinski definition) is 1. The average Bonchev–Trinajstić information content (AvgIpc) is 2.55. The largest absolute Gasteiger partial charge is 0.495 e. The molecule has 1 amide bonds. The fourth-order valence-corrected chi connectivity index (χ4v) is 4.02. The molecule has 2 aromatic carbocycles. The van der Waals surface area contributed by atoms with Crippen LogP contribution >= 0.6 is 0 Å². The smallest absolute Gasteiger partial charge is 0.268 e. The standard InChI is InChI=1S/C17H20N2O4S/c1-4-19(15-8-6-5-7-9-15)24(21,22)17-12-14(18-13(2)20)10-11-16(17)23-3/h5-12H,4H2,1-3H3,(H,18,20). The molecule has 2 rings (SSSR count). The third-order valence-electron chi connectivity index (χ3n) is 3.38. The first-order valence-corrected chi connectivity index (χ1v) is 8.87. The van der Waals surface area contributed by atoms with E-state index in [4.69, 9.17) is 4.74 Å². The predicted molar refractivity (Wildman–Crippen MR) is 93.9 cm³/mol. The number of hydrogen-bond acceptors (Lipinski definition) is 4. The molecular formula is C17H20N2O4S. The lowest BCUT2D eigenvalue weighted by atomic mass is 10.3. The van der Waals surface area contributed by atoms with Crippen LogP contribution in [0.4, 0.5) is 11.4 Å². The molecule has 0 fully saturated rings. The van der Waals surface area contributed by atoms with E-state index in [1.807, 2.05) is 6.07 Å². The number of sulfonamides is 1. The van der Waals surface area contributed by atoms with Gasteiger partial charge in [0.05, 0.1) is 12.8 Å². The molecule has 1 N–H and O–H groups in total. The van der Waals surface area contributed by atoms with Gasteiger partial charge < -0.3 is 10.1 Å². The van der Waals surface area contributed by atoms with Gasteiger partial charge in [0.2, 0.25) is 5.91 Å². The van der Waals surface area contributed by atoms with Gasteiger partial charge in [0, 0.05) is 19.2 Å². The number of ether oxygens (including phenoxy) is 1. The SMILES string of the molecule is CCN(c1ccccc1)S(=O)(=O)c1cc(NC(C)=O)ccc1OC. The van der Waals surface area contributed by atoms with Crippen molar-refractivity contribution in [1.29, 1.82) is 0 Å². The Bertz CT molecular complexity index is 820. The zero-order chi connectivity index (χ0) is 17.7. The van der Waals surface area contributed by atoms with E-state index in [1.54, 1.807) is 37.3 Å². The molecule has 0 spiro atoms. The fourth-order valence-electron chi connectivity index (χ4n) is 2.36. The summed E-state index contributed by atoms with van der Waals surface area (Å²) < 4.78 is 32.7. The van der Waals surface area contributed by atoms with Crippen molar-refractivity contribution in [2.24, 2.45) is 0 Å². The number of anilines is 2. The summed E-state index contributed by atoms with van der Waals surface area (Å²) in [6, 6.07) is 13.4. The second-order valence-corrected chi connectivity index (χ2v) is 6.88. The van der Waals surface area contributed by atoms with Crippen LogP contribution in [0.2, 0.25) is 0 Å². The van der Waals surface area contributed by atoms with Gasteiger partial charge in [-0.2, -0.15) is 0 Å². The summed E-state index contributed by atoms with van der Waals surface area (Å²) >= 11 is 0. The van der Waals surface area contributed by atoms with Gasteiger partial charge in [-0.3, -0.25) is 9.10 Å². The maximum absolute atomic E-state index is 13.1. The minimum absolute atomic E-state index is 0.00181. The van der Waals surface area contributed by atoms with Crippen molar-refractivity contribution in [3.63, 3.8) is 0 Å². The lowest BCUT2D eigenvalue weighted by molar-refractivity contribution is -0.114. The molecule has 0 aliphatic rings. The zero-order valence-electron chi connectivity index (χ0n) is 13.8. The molecule has 0 bridgehead atoms. The van der Waals surface area contributed by atoms with Crippen LogP contribution in [-0.4, -0.2) is 28.0 Å². The van der Waals surface area contributed by atoms with E-state index in [2.05, 4.69) is 5.32 Å². The Morgan fingerprint density at radius 3 is 2.38 bits per heavy atom. The molecule has 0 heterocycles. The third kappa shape index (κ3) is 3.68. The number of amides is 1. The Labute approximate surface area is 142 Å². The fraction of sp³-hybridized carbons (Fsp3) is 0.235. The van der Waals surface area contributed by atoms with Crippen molar-refractivity contribution in [3.05, 3.63) is 48.5 Å². The van der Waals surface area contributed by atoms with Crippen LogP contribution in [0.5, 0.6) is 5.75 Å². The molecule has 0 radical (unpaired) electrons. The van der Waals surface area contributed by atoms with Crippen LogP contribution in [0.15, 0.2) is 53.4 Å². The second-order valence-electron chi connectivity index (χ2n) is 5.05. The van der Waals surface area contributed by atoms with Gasteiger partial charge in [0.15, 0.2) is 0 Å². The predicted octanol–water partition coefficient (Wildman–Crippen LogP) is 2.87. The number of carbonyl (C=O) groups is 1. The summed E-state index contributed by atoms with van der Waals surface area (Å²) in [4.78, 5) is 11.2. The highest BCUT2D eigenvalue weighted by molar-refractivity contribution is 7.93. The van der Waals surface area contributed by atoms with E-state index in [0.717, 1.165) is 0 Å². The monoisotopic (exact) mass is 348 g/mol. The molecule has 0 aromatic heterocycles. The zero-order valence-corrected chi connectivity index (χ0v) is 14.6. The molecule has 7 heteroatoms. The highest BCUT2D eigenvalue weighted by Gasteiger charge is 2.27. The first-order valence-electron chi connectivity index (χ1n) is 7.43. The molecule has 24 heavy (non-hydrogen) atoms. The number of rotatable bonds is 6. The first-order chi connectivity index (χ1) is 11.4. The van der Waals surface area contributed by atoms with Gasteiger partial charge in [-0.05, 0) is 37.3 Å². The van der Waals surface area contributed by atoms with Gasteiger partial charge in [-0.25, -0.2) is 8.42 Å². The molecule has 2 aromatic rings. The number of nitrogens with one attached hydrogen (secondary N) is 1. The molecule has 6 nitrogen and oxygen atoms in total. The number of para-hydroxylation sites is 1. The lowest BCUT2D eigenvalue weighted by Crippen LogP contribution is -2.31. The van der Waals surface area contributed by atoms with Gasteiger partial charge in [0.25, 0.3) is 10.0 Å². The van der Waals surface area contributed by atoms with Crippen molar-refractivity contribution in [3.8, 4) is 5.75 Å². The van der Waals surface area contributed by atoms with Crippen LogP contribution in [0.1, 0.15) is 13.8 Å². The van der Waals surface area contributed by atoms with Crippen molar-refractivity contribution in [1.82, 2.24) is 0 Å². The molecule has 128 valence electrons. The summed E-state index contributed by atoms with van der Waals surface area (Å²) in [6.07, 6.45) is 0. The summed E-state index contributed by atoms with van der Waals surface area (Å²) in [5.74, 6) is -0.0580. The maximum Gasteiger partial charge on any atom is 0.268 e. The second kappa shape index (κ2) is 7.35. The van der Waals surface area contributed by atoms with Gasteiger partial charge >= 0.3 is 0 Å². The van der Waals surface area contributed by atoms with E-state index in [9.17, 15) is 13.2 Å². The molecule has 0 unspecified atom stereocenters. The summed E-state index contributed by atoms with van der Waals surface area (Å²) in [5, 5.41) is 2.59. The molecular weight excluding hydrogens is 328 g/mol. The highest BCUT2D eigenvalue weighted by Crippen LogP contribution is 2.32. The van der Waals surface area contributed by atoms with Gasteiger partial charge in [-0.1, -0.05) is 18.2 Å². The van der Waals surface area contributed by atoms with Crippen molar-refractivity contribution < 1.29 is 17.9 Å². The first kappa shape index (κ1) is 17.8. The molecule has 0 atom stereocenters. The van der Waals surface area contributed by atoms with Crippen LogP contribution < -0.4 is 14.4 Å². The lowest BCUT2D eigenvalue weighted by Gasteiger charge is -2.24. The average molecular weight is 348 g/mol. The summed E-state index contributed by atoms with van der Waals surface area (Å²) in [5.41, 5.74) is 0.956. The molecule has 0 aliphatic carbocycles. The Kier molecular flexibility index (Phi) is 5.46. The number of carbonyl (C=O) groups excluding carboxylic acids is 1. The number of nitrogens with zero attached hydrogens (tertiary/aromatic N) is 1. The minimum atomic E-state index is -3.85. The van der Waals surface area contributed by atoms with E-state index in [-0.39, 0.29) is 23.1 Å². The normalized spacial score (nSPS) is 11.0. The Morgan fingerprint density at radius 1 is 1.17 bits per heavy atom. The van der Waals surface area contributed by atoms with E-state index >= 15 is 0 Å². The molecule has 0 aliphatic heterocycles. The third-order valence-corrected chi connectivity index (χ3v) is 5.31. The van der Waals surface area contributed by atoms with E-state index < -0.39 is 10.0 Å². The quantitative estimate of drug-likeness (QED) is 0.871. The summed E-state index contributed by atoms with van der Waals surface area (Å²) in [7, 11) is -2.44. The Morgan fingerprint density at radius 2 is 1.83 bits per heavy atom. The molecule has 0 saturated carbocycles. The number of benzene rings is 2. The topological polar surface area (TPSA) is 75.7 Å². The number of methoxy groups -OCH3 is 1. The van der Waals surface area contributed by atoms with Gasteiger partial charge in [-0.15, -0.1) is 0 Å². The van der Waals surface area contributed by atoms with E-state index in [1.165, 1.54) is 30.5 Å². The molecule has 0 saturated heterocycles. The van der Waals surface area contributed by atoms with Crippen molar-refractivity contribution in [2.45, 2.75) is 18.7 Å². The van der Waals surface area contributed by atoms with Gasteiger partial charge in [0.1, 0.15) is 10.6 Å². The Balaban J connectivity index is 2.56. The maximum atomic E-state index is 13.1. The highest BCUT2D eigenvalue weighted by atomic mass is 32.2. The van der Waals surface area contributed by atoms with Crippen molar-refractivity contribution >= 4 is 27.3 Å². The van der Waals surface area contributed by atoms with Crippen molar-refractivity contribution in [2.75, 3.05) is 23.3 Å². The van der Waals surface area contributed by atoms with Crippen LogP contribution in [0.25, 0.3) is 0 Å². The van der Waals surface area contributed by atoms with Crippen LogP contribution in [0.3, 0.4) is 0 Å². The van der Waals surface area contributed by atoms with Crippen LogP contribution in [-0.2, 0) is 14.8 Å².